The summed E-state index contributed by atoms with van der Waals surface area (Å²) in [5.74, 6) is -0.314. The Labute approximate surface area is 157 Å². The molecule has 6 nitrogen and oxygen atoms in total. The second-order valence-electron chi connectivity index (χ2n) is 6.26. The van der Waals surface area contributed by atoms with Crippen molar-refractivity contribution < 1.29 is 17.9 Å². The van der Waals surface area contributed by atoms with Gasteiger partial charge in [-0.2, -0.15) is 5.10 Å². The van der Waals surface area contributed by atoms with Crippen LogP contribution in [0, 0.1) is 12.7 Å². The summed E-state index contributed by atoms with van der Waals surface area (Å²) in [7, 11) is -3.78. The van der Waals surface area contributed by atoms with E-state index in [4.69, 9.17) is 10.2 Å². The highest BCUT2D eigenvalue weighted by Crippen LogP contribution is 2.32. The molecule has 3 N–H and O–H groups in total. The van der Waals surface area contributed by atoms with Gasteiger partial charge >= 0.3 is 0 Å². The molecule has 8 heteroatoms. The third-order valence-corrected chi connectivity index (χ3v) is 5.18. The molecule has 0 aliphatic rings. The van der Waals surface area contributed by atoms with E-state index in [9.17, 15) is 12.8 Å². The molecule has 0 spiro atoms. The second-order valence-corrected chi connectivity index (χ2v) is 7.83. The lowest BCUT2D eigenvalue weighted by Crippen LogP contribution is -2.11. The predicted octanol–water partition coefficient (Wildman–Crippen LogP) is 2.69. The third kappa shape index (κ3) is 4.24. The molecule has 0 unspecified atom stereocenters. The van der Waals surface area contributed by atoms with Gasteiger partial charge in [0.05, 0.1) is 4.90 Å². The van der Waals surface area contributed by atoms with E-state index in [-0.39, 0.29) is 17.3 Å². The number of aromatic nitrogens is 2. The SMILES string of the molecule is Cc1ccc(-c2cn(CCCO)nc2-c2ccc(S(N)(=O)=O)cc2)cc1F. The number of rotatable bonds is 6. The molecule has 0 saturated heterocycles. The molecule has 0 radical (unpaired) electrons. The van der Waals surface area contributed by atoms with Crippen LogP contribution in [0.3, 0.4) is 0 Å². The van der Waals surface area contributed by atoms with Crippen molar-refractivity contribution in [3.63, 3.8) is 0 Å². The summed E-state index contributed by atoms with van der Waals surface area (Å²) in [6.45, 7) is 2.23. The molecule has 0 atom stereocenters. The molecule has 0 aliphatic heterocycles. The summed E-state index contributed by atoms with van der Waals surface area (Å²) in [6, 6.07) is 11.0. The number of aliphatic hydroxyl groups excluding tert-OH is 1. The molecule has 0 fully saturated rings. The van der Waals surface area contributed by atoms with E-state index in [1.807, 2.05) is 6.07 Å². The Kier molecular flexibility index (Phi) is 5.41. The van der Waals surface area contributed by atoms with Crippen LogP contribution in [-0.4, -0.2) is 29.9 Å². The highest BCUT2D eigenvalue weighted by molar-refractivity contribution is 7.89. The van der Waals surface area contributed by atoms with Gasteiger partial charge in [-0.25, -0.2) is 17.9 Å². The average molecular weight is 389 g/mol. The summed E-state index contributed by atoms with van der Waals surface area (Å²) in [5.41, 5.74) is 3.21. The Morgan fingerprint density at radius 1 is 1.15 bits per heavy atom. The molecular weight excluding hydrogens is 369 g/mol. The summed E-state index contributed by atoms with van der Waals surface area (Å²) in [6.07, 6.45) is 2.33. The van der Waals surface area contributed by atoms with Crippen molar-refractivity contribution in [1.82, 2.24) is 9.78 Å². The molecular formula is C19H20FN3O3S. The van der Waals surface area contributed by atoms with Crippen molar-refractivity contribution in [3.8, 4) is 22.4 Å². The average Bonchev–Trinajstić information content (AvgIpc) is 3.06. The van der Waals surface area contributed by atoms with Crippen molar-refractivity contribution in [2.24, 2.45) is 5.14 Å². The second kappa shape index (κ2) is 7.59. The molecule has 3 rings (SSSR count). The fourth-order valence-corrected chi connectivity index (χ4v) is 3.27. The normalized spacial score (nSPS) is 11.7. The summed E-state index contributed by atoms with van der Waals surface area (Å²) in [5, 5.41) is 18.7. The van der Waals surface area contributed by atoms with Crippen LogP contribution in [0.1, 0.15) is 12.0 Å². The quantitative estimate of drug-likeness (QED) is 0.677. The number of primary sulfonamides is 1. The molecule has 1 heterocycles. The van der Waals surface area contributed by atoms with E-state index in [1.165, 1.54) is 18.2 Å². The smallest absolute Gasteiger partial charge is 0.238 e. The number of aliphatic hydroxyl groups is 1. The standard InChI is InChI=1S/C19H20FN3O3S/c1-13-3-4-15(11-18(13)20)17-12-23(9-2-10-24)22-19(17)14-5-7-16(8-6-14)27(21,25)26/h3-8,11-12,24H,2,9-10H2,1H3,(H2,21,25,26). The number of nitrogens with two attached hydrogens (primary N) is 1. The van der Waals surface area contributed by atoms with Gasteiger partial charge in [0.25, 0.3) is 0 Å². The first-order valence-corrected chi connectivity index (χ1v) is 9.92. The molecule has 142 valence electrons. The van der Waals surface area contributed by atoms with E-state index < -0.39 is 10.0 Å². The number of hydrogen-bond acceptors (Lipinski definition) is 4. The first-order valence-electron chi connectivity index (χ1n) is 8.37. The zero-order valence-electron chi connectivity index (χ0n) is 14.8. The van der Waals surface area contributed by atoms with Crippen LogP contribution in [0.5, 0.6) is 0 Å². The first-order chi connectivity index (χ1) is 12.8. The molecule has 2 aromatic carbocycles. The lowest BCUT2D eigenvalue weighted by molar-refractivity contribution is 0.277. The molecule has 0 saturated carbocycles. The minimum Gasteiger partial charge on any atom is -0.396 e. The number of aryl methyl sites for hydroxylation is 2. The Hall–Kier alpha value is -2.55. The Balaban J connectivity index is 2.10. The topological polar surface area (TPSA) is 98.2 Å². The van der Waals surface area contributed by atoms with Gasteiger partial charge in [-0.3, -0.25) is 4.68 Å². The molecule has 0 aliphatic carbocycles. The van der Waals surface area contributed by atoms with Crippen LogP contribution in [0.4, 0.5) is 4.39 Å². The van der Waals surface area contributed by atoms with Gasteiger partial charge < -0.3 is 5.11 Å². The van der Waals surface area contributed by atoms with Crippen molar-refractivity contribution >= 4 is 10.0 Å². The maximum atomic E-state index is 14.1. The maximum Gasteiger partial charge on any atom is 0.238 e. The van der Waals surface area contributed by atoms with E-state index in [1.54, 1.807) is 36.0 Å². The van der Waals surface area contributed by atoms with Crippen molar-refractivity contribution in [2.45, 2.75) is 24.8 Å². The highest BCUT2D eigenvalue weighted by atomic mass is 32.2. The van der Waals surface area contributed by atoms with Crippen LogP contribution in [0.2, 0.25) is 0 Å². The van der Waals surface area contributed by atoms with Crippen LogP contribution < -0.4 is 5.14 Å². The highest BCUT2D eigenvalue weighted by Gasteiger charge is 2.16. The Morgan fingerprint density at radius 2 is 1.81 bits per heavy atom. The first kappa shape index (κ1) is 19.2. The van der Waals surface area contributed by atoms with Crippen molar-refractivity contribution in [3.05, 3.63) is 60.0 Å². The van der Waals surface area contributed by atoms with Crippen LogP contribution in [-0.2, 0) is 16.6 Å². The van der Waals surface area contributed by atoms with E-state index >= 15 is 0 Å². The Bertz CT molecular complexity index is 1060. The summed E-state index contributed by atoms with van der Waals surface area (Å²) >= 11 is 0. The maximum absolute atomic E-state index is 14.1. The van der Waals surface area contributed by atoms with Crippen molar-refractivity contribution in [1.29, 1.82) is 0 Å². The van der Waals surface area contributed by atoms with Gasteiger partial charge in [0, 0.05) is 30.5 Å². The van der Waals surface area contributed by atoms with E-state index in [2.05, 4.69) is 5.10 Å². The minimum absolute atomic E-state index is 0.00823. The van der Waals surface area contributed by atoms with Gasteiger partial charge in [0.1, 0.15) is 11.5 Å². The van der Waals surface area contributed by atoms with Gasteiger partial charge in [0.15, 0.2) is 0 Å². The van der Waals surface area contributed by atoms with Gasteiger partial charge in [-0.15, -0.1) is 0 Å². The predicted molar refractivity (Wildman–Crippen MR) is 101 cm³/mol. The van der Waals surface area contributed by atoms with Gasteiger partial charge in [-0.05, 0) is 42.7 Å². The number of hydrogen-bond donors (Lipinski definition) is 2. The largest absolute Gasteiger partial charge is 0.396 e. The Morgan fingerprint density at radius 3 is 2.41 bits per heavy atom. The number of benzene rings is 2. The molecule has 0 bridgehead atoms. The van der Waals surface area contributed by atoms with Gasteiger partial charge in [-0.1, -0.05) is 24.3 Å². The van der Waals surface area contributed by atoms with E-state index in [0.29, 0.717) is 35.3 Å². The number of nitrogens with zero attached hydrogens (tertiary/aromatic N) is 2. The molecule has 1 aromatic heterocycles. The molecule has 3 aromatic rings. The van der Waals surface area contributed by atoms with Crippen LogP contribution in [0.25, 0.3) is 22.4 Å². The van der Waals surface area contributed by atoms with Crippen molar-refractivity contribution in [2.75, 3.05) is 6.61 Å². The lowest BCUT2D eigenvalue weighted by Gasteiger charge is -2.05. The monoisotopic (exact) mass is 389 g/mol. The zero-order valence-corrected chi connectivity index (χ0v) is 15.6. The van der Waals surface area contributed by atoms with E-state index in [0.717, 1.165) is 5.56 Å². The molecule has 0 amide bonds. The summed E-state index contributed by atoms with van der Waals surface area (Å²) in [4.78, 5) is 0.00823. The van der Waals surface area contributed by atoms with Crippen LogP contribution >= 0.6 is 0 Å². The fraction of sp³-hybridized carbons (Fsp3) is 0.211. The zero-order chi connectivity index (χ0) is 19.6. The number of sulfonamides is 1. The third-order valence-electron chi connectivity index (χ3n) is 4.25. The fourth-order valence-electron chi connectivity index (χ4n) is 2.76. The molecule has 27 heavy (non-hydrogen) atoms. The van der Waals surface area contributed by atoms with Gasteiger partial charge in [0.2, 0.25) is 10.0 Å². The minimum atomic E-state index is -3.78. The van der Waals surface area contributed by atoms with Crippen LogP contribution in [0.15, 0.2) is 53.6 Å². The lowest BCUT2D eigenvalue weighted by atomic mass is 10.0. The summed E-state index contributed by atoms with van der Waals surface area (Å²) < 4.78 is 38.6. The number of halogens is 1.